The van der Waals surface area contributed by atoms with Crippen molar-refractivity contribution in [2.45, 2.75) is 46.4 Å². The number of hydrogen-bond donors (Lipinski definition) is 3. The van der Waals surface area contributed by atoms with E-state index in [2.05, 4.69) is 20.7 Å². The number of ether oxygens (including phenoxy) is 2. The van der Waals surface area contributed by atoms with Gasteiger partial charge in [-0.05, 0) is 69.8 Å². The van der Waals surface area contributed by atoms with Crippen molar-refractivity contribution < 1.29 is 28.7 Å². The fourth-order valence-electron chi connectivity index (χ4n) is 5.46. The van der Waals surface area contributed by atoms with Gasteiger partial charge in [0.25, 0.3) is 5.91 Å². The molecule has 0 spiro atoms. The summed E-state index contributed by atoms with van der Waals surface area (Å²) in [6, 6.07) is 21.8. The lowest BCUT2D eigenvalue weighted by Crippen LogP contribution is -2.49. The first kappa shape index (κ1) is 32.5. The Morgan fingerprint density at radius 1 is 1.07 bits per heavy atom. The molecule has 11 nitrogen and oxygen atoms in total. The number of nitrogens with one attached hydrogen (secondary N) is 2. The van der Waals surface area contributed by atoms with E-state index in [1.807, 2.05) is 75.5 Å². The first-order valence-corrected chi connectivity index (χ1v) is 15.4. The number of hydrogen-bond acceptors (Lipinski definition) is 8. The van der Waals surface area contributed by atoms with Crippen molar-refractivity contribution in [1.82, 2.24) is 15.0 Å². The van der Waals surface area contributed by atoms with Crippen molar-refractivity contribution in [3.8, 4) is 17.2 Å². The number of carbonyl (C=O) groups excluding carboxylic acids is 2. The lowest BCUT2D eigenvalue weighted by atomic mass is 9.99. The fourth-order valence-corrected chi connectivity index (χ4v) is 5.46. The Bertz CT molecular complexity index is 1620. The largest absolute Gasteiger partial charge is 0.486 e. The van der Waals surface area contributed by atoms with Gasteiger partial charge in [-0.3, -0.25) is 9.69 Å². The molecule has 3 aromatic carbocycles. The van der Waals surface area contributed by atoms with E-state index in [0.717, 1.165) is 17.1 Å². The Morgan fingerprint density at radius 3 is 2.46 bits per heavy atom. The number of benzene rings is 3. The molecule has 1 aromatic heterocycles. The molecule has 5 rings (SSSR count). The van der Waals surface area contributed by atoms with Crippen LogP contribution in [0.2, 0.25) is 0 Å². The molecule has 0 saturated heterocycles. The number of fused-ring (bicyclic) bond motifs is 1. The van der Waals surface area contributed by atoms with Gasteiger partial charge in [-0.1, -0.05) is 48.5 Å². The molecule has 1 aliphatic rings. The third kappa shape index (κ3) is 7.67. The molecule has 0 aliphatic carbocycles. The number of rotatable bonds is 10. The fraction of sp³-hybridized carbons (Fsp3) is 0.343. The lowest BCUT2D eigenvalue weighted by Gasteiger charge is -2.38. The molecule has 0 unspecified atom stereocenters. The minimum atomic E-state index is -0.525. The summed E-state index contributed by atoms with van der Waals surface area (Å²) in [5.74, 6) is 1.92. The number of aliphatic hydroxyl groups excluding tert-OH is 1. The normalized spacial score (nSPS) is 17.0. The topological polar surface area (TPSA) is 129 Å². The summed E-state index contributed by atoms with van der Waals surface area (Å²) in [5, 5.41) is 19.5. The molecule has 3 N–H and O–H groups in total. The zero-order valence-electron chi connectivity index (χ0n) is 26.8. The van der Waals surface area contributed by atoms with Crippen molar-refractivity contribution in [2.24, 2.45) is 5.92 Å². The predicted octanol–water partition coefficient (Wildman–Crippen LogP) is 6.08. The Morgan fingerprint density at radius 2 is 1.78 bits per heavy atom. The molecule has 4 aromatic rings. The van der Waals surface area contributed by atoms with E-state index in [1.54, 1.807) is 36.9 Å². The number of nitrogens with zero attached hydrogens (tertiary/aromatic N) is 3. The van der Waals surface area contributed by atoms with Crippen LogP contribution in [0.1, 0.15) is 41.2 Å². The van der Waals surface area contributed by atoms with E-state index in [1.165, 1.54) is 0 Å². The van der Waals surface area contributed by atoms with Crippen LogP contribution in [0.5, 0.6) is 17.2 Å². The highest BCUT2D eigenvalue weighted by molar-refractivity contribution is 6.04. The van der Waals surface area contributed by atoms with Crippen molar-refractivity contribution in [3.05, 3.63) is 95.4 Å². The molecule has 46 heavy (non-hydrogen) atoms. The van der Waals surface area contributed by atoms with Gasteiger partial charge in [-0.25, -0.2) is 4.79 Å². The number of amides is 3. The van der Waals surface area contributed by atoms with E-state index >= 15 is 0 Å². The third-order valence-electron chi connectivity index (χ3n) is 8.06. The number of likely N-dealkylation sites (N-methyl/N-ethyl adjacent to an activating group) is 1. The Kier molecular flexibility index (Phi) is 10.2. The monoisotopic (exact) mass is 627 g/mol. The second-order valence-electron chi connectivity index (χ2n) is 11.8. The molecular weight excluding hydrogens is 586 g/mol. The molecule has 0 radical (unpaired) electrons. The Hall–Kier alpha value is -4.87. The quantitative estimate of drug-likeness (QED) is 0.193. The summed E-state index contributed by atoms with van der Waals surface area (Å²) >= 11 is 0. The molecule has 242 valence electrons. The van der Waals surface area contributed by atoms with Crippen LogP contribution in [0.25, 0.3) is 0 Å². The van der Waals surface area contributed by atoms with Gasteiger partial charge in [-0.15, -0.1) is 0 Å². The van der Waals surface area contributed by atoms with Gasteiger partial charge in [0.15, 0.2) is 11.5 Å². The van der Waals surface area contributed by atoms with Gasteiger partial charge < -0.3 is 34.6 Å². The molecule has 3 atom stereocenters. The van der Waals surface area contributed by atoms with Gasteiger partial charge >= 0.3 is 6.03 Å². The van der Waals surface area contributed by atoms with Crippen LogP contribution in [0.4, 0.5) is 16.2 Å². The molecule has 1 aliphatic heterocycles. The van der Waals surface area contributed by atoms with Crippen LogP contribution >= 0.6 is 0 Å². The lowest BCUT2D eigenvalue weighted by molar-refractivity contribution is 0.0343. The number of urea groups is 1. The van der Waals surface area contributed by atoms with Crippen molar-refractivity contribution in [2.75, 3.05) is 37.4 Å². The number of carbonyl (C=O) groups is 2. The molecule has 2 heterocycles. The van der Waals surface area contributed by atoms with E-state index in [9.17, 15) is 14.7 Å². The van der Waals surface area contributed by atoms with E-state index in [0.29, 0.717) is 48.0 Å². The van der Waals surface area contributed by atoms with Gasteiger partial charge in [0.2, 0.25) is 0 Å². The zero-order chi connectivity index (χ0) is 32.8. The van der Waals surface area contributed by atoms with E-state index in [4.69, 9.17) is 14.0 Å². The van der Waals surface area contributed by atoms with Crippen molar-refractivity contribution in [1.29, 1.82) is 0 Å². The highest BCUT2D eigenvalue weighted by Crippen LogP contribution is 2.35. The van der Waals surface area contributed by atoms with Crippen LogP contribution < -0.4 is 20.1 Å². The molecule has 0 fully saturated rings. The van der Waals surface area contributed by atoms with E-state index in [-0.39, 0.29) is 30.3 Å². The summed E-state index contributed by atoms with van der Waals surface area (Å²) in [5.41, 5.74) is 2.78. The van der Waals surface area contributed by atoms with Crippen LogP contribution in [0, 0.1) is 19.8 Å². The van der Waals surface area contributed by atoms with Crippen molar-refractivity contribution in [3.63, 3.8) is 0 Å². The maximum Gasteiger partial charge on any atom is 0.323 e. The smallest absolute Gasteiger partial charge is 0.323 e. The Labute approximate surface area is 269 Å². The maximum absolute atomic E-state index is 13.8. The third-order valence-corrected chi connectivity index (χ3v) is 8.06. The van der Waals surface area contributed by atoms with Gasteiger partial charge in [0.05, 0.1) is 23.9 Å². The number of anilines is 2. The van der Waals surface area contributed by atoms with Gasteiger partial charge in [-0.2, -0.15) is 0 Å². The highest BCUT2D eigenvalue weighted by atomic mass is 16.5. The number of aryl methyl sites for hydroxylation is 2. The minimum Gasteiger partial charge on any atom is -0.486 e. The molecule has 3 amide bonds. The van der Waals surface area contributed by atoms with Gasteiger partial charge in [0.1, 0.15) is 29.0 Å². The summed E-state index contributed by atoms with van der Waals surface area (Å²) in [6.07, 6.45) is -0.348. The average molecular weight is 628 g/mol. The number of aromatic nitrogens is 1. The summed E-state index contributed by atoms with van der Waals surface area (Å²) in [6.45, 7) is 8.70. The van der Waals surface area contributed by atoms with Crippen LogP contribution in [0.15, 0.2) is 77.3 Å². The molecular formula is C35H41N5O6. The standard InChI is InChI=1S/C35H41N5O6/c1-22-18-40(23(2)21-41)34(42)29-12-9-13-30(36-35(43)37-32-24(3)38-46-25(32)4)33(29)45-31(22)20-39(5)19-26-14-16-28(17-15-26)44-27-10-7-6-8-11-27/h6-17,22-23,31,41H,18-21H2,1-5H3,(H2,36,37,43)/t22-,23-,31+/m1/s1. The second kappa shape index (κ2) is 14.5. The number of para-hydroxylation sites is 2. The summed E-state index contributed by atoms with van der Waals surface area (Å²) < 4.78 is 17.7. The molecule has 11 heteroatoms. The summed E-state index contributed by atoms with van der Waals surface area (Å²) in [7, 11) is 2.02. The predicted molar refractivity (Wildman–Crippen MR) is 176 cm³/mol. The highest BCUT2D eigenvalue weighted by Gasteiger charge is 2.34. The van der Waals surface area contributed by atoms with Crippen molar-refractivity contribution >= 4 is 23.3 Å². The van der Waals surface area contributed by atoms with Crippen LogP contribution in [-0.4, -0.2) is 70.9 Å². The first-order chi connectivity index (χ1) is 22.1. The van der Waals surface area contributed by atoms with Crippen LogP contribution in [0.3, 0.4) is 0 Å². The van der Waals surface area contributed by atoms with Gasteiger partial charge in [0, 0.05) is 25.6 Å². The average Bonchev–Trinajstić information content (AvgIpc) is 3.36. The molecule has 0 saturated carbocycles. The summed E-state index contributed by atoms with van der Waals surface area (Å²) in [4.78, 5) is 30.7. The second-order valence-corrected chi connectivity index (χ2v) is 11.8. The maximum atomic E-state index is 13.8. The number of aliphatic hydroxyl groups is 1. The minimum absolute atomic E-state index is 0.0978. The first-order valence-electron chi connectivity index (χ1n) is 15.4. The van der Waals surface area contributed by atoms with Crippen LogP contribution in [-0.2, 0) is 6.54 Å². The zero-order valence-corrected chi connectivity index (χ0v) is 26.8. The Balaban J connectivity index is 1.35. The SMILES string of the molecule is Cc1noc(C)c1NC(=O)Nc1cccc2c1O[C@@H](CN(C)Cc1ccc(Oc3ccccc3)cc1)[C@H](C)CN([C@H](C)CO)C2=O. The molecule has 0 bridgehead atoms. The van der Waals surface area contributed by atoms with E-state index < -0.39 is 12.1 Å².